The number of alkyl carbamates (subject to hydrolysis) is 1. The topological polar surface area (TPSA) is 95.1 Å². The fourth-order valence-electron chi connectivity index (χ4n) is 1.64. The molecule has 2 rings (SSSR count). The average molecular weight is 333 g/mol. The molecule has 0 bridgehead atoms. The Morgan fingerprint density at radius 2 is 2.26 bits per heavy atom. The van der Waals surface area contributed by atoms with Gasteiger partial charge in [-0.2, -0.15) is 23.3 Å². The molecule has 1 amide bonds. The summed E-state index contributed by atoms with van der Waals surface area (Å²) >= 11 is 0. The van der Waals surface area contributed by atoms with Crippen LogP contribution in [0.4, 0.5) is 18.0 Å². The van der Waals surface area contributed by atoms with E-state index in [0.29, 0.717) is 25.1 Å². The van der Waals surface area contributed by atoms with Crippen LogP contribution in [0, 0.1) is 0 Å². The molecular formula is C12H14F3N5O3. The molecule has 0 saturated carbocycles. The largest absolute Gasteiger partial charge is 0.471 e. The summed E-state index contributed by atoms with van der Waals surface area (Å²) in [6, 6.07) is 0. The van der Waals surface area contributed by atoms with Crippen molar-refractivity contribution in [2.24, 2.45) is 0 Å². The van der Waals surface area contributed by atoms with Gasteiger partial charge >= 0.3 is 18.2 Å². The number of nitrogens with zero attached hydrogens (tertiary/aromatic N) is 4. The van der Waals surface area contributed by atoms with Crippen LogP contribution in [-0.2, 0) is 17.5 Å². The molecule has 0 atom stereocenters. The summed E-state index contributed by atoms with van der Waals surface area (Å²) in [6.07, 6.45) is -1.87. The number of aromatic nitrogens is 4. The van der Waals surface area contributed by atoms with Crippen molar-refractivity contribution in [2.45, 2.75) is 26.1 Å². The molecule has 2 aromatic heterocycles. The number of nitrogens with one attached hydrogen (secondary N) is 1. The summed E-state index contributed by atoms with van der Waals surface area (Å²) < 4.78 is 47.7. The number of ether oxygens (including phenoxy) is 1. The smallest absolute Gasteiger partial charge is 0.449 e. The van der Waals surface area contributed by atoms with Crippen LogP contribution in [-0.4, -0.2) is 39.2 Å². The van der Waals surface area contributed by atoms with E-state index in [4.69, 9.17) is 4.74 Å². The van der Waals surface area contributed by atoms with Crippen molar-refractivity contribution in [3.63, 3.8) is 0 Å². The van der Waals surface area contributed by atoms with Crippen molar-refractivity contribution in [3.8, 4) is 11.4 Å². The summed E-state index contributed by atoms with van der Waals surface area (Å²) in [4.78, 5) is 14.3. The number of halogens is 3. The third-order valence-electron chi connectivity index (χ3n) is 2.65. The number of aryl methyl sites for hydroxylation is 1. The predicted octanol–water partition coefficient (Wildman–Crippen LogP) is 2.09. The van der Waals surface area contributed by atoms with Crippen LogP contribution in [0.2, 0.25) is 0 Å². The Bertz CT molecular complexity index is 652. The van der Waals surface area contributed by atoms with Crippen molar-refractivity contribution in [1.82, 2.24) is 25.2 Å². The van der Waals surface area contributed by atoms with Gasteiger partial charge in [0, 0.05) is 25.7 Å². The van der Waals surface area contributed by atoms with E-state index in [-0.39, 0.29) is 12.4 Å². The number of hydrogen-bond donors (Lipinski definition) is 1. The SMILES string of the molecule is CCNC(=O)OCCCn1cc(-c2noc(C(F)(F)F)n2)cn1. The molecule has 0 aliphatic carbocycles. The minimum Gasteiger partial charge on any atom is -0.449 e. The Morgan fingerprint density at radius 1 is 1.48 bits per heavy atom. The van der Waals surface area contributed by atoms with Crippen LogP contribution in [0.1, 0.15) is 19.2 Å². The molecule has 0 aliphatic rings. The summed E-state index contributed by atoms with van der Waals surface area (Å²) in [5.41, 5.74) is 0.300. The second kappa shape index (κ2) is 7.11. The molecule has 1 N–H and O–H groups in total. The second-order valence-corrected chi connectivity index (χ2v) is 4.43. The first-order valence-corrected chi connectivity index (χ1v) is 6.74. The predicted molar refractivity (Wildman–Crippen MR) is 70.2 cm³/mol. The van der Waals surface area contributed by atoms with Crippen molar-refractivity contribution < 1.29 is 27.2 Å². The van der Waals surface area contributed by atoms with Gasteiger partial charge in [-0.25, -0.2) is 4.79 Å². The average Bonchev–Trinajstić information content (AvgIpc) is 3.12. The van der Waals surface area contributed by atoms with Crippen molar-refractivity contribution in [3.05, 3.63) is 18.3 Å². The first-order valence-electron chi connectivity index (χ1n) is 6.74. The van der Waals surface area contributed by atoms with Gasteiger partial charge in [0.2, 0.25) is 5.82 Å². The maximum atomic E-state index is 12.4. The molecule has 0 fully saturated rings. The second-order valence-electron chi connectivity index (χ2n) is 4.43. The summed E-state index contributed by atoms with van der Waals surface area (Å²) in [7, 11) is 0. The highest BCUT2D eigenvalue weighted by Crippen LogP contribution is 2.29. The van der Waals surface area contributed by atoms with Crippen molar-refractivity contribution in [2.75, 3.05) is 13.2 Å². The molecule has 23 heavy (non-hydrogen) atoms. The van der Waals surface area contributed by atoms with E-state index < -0.39 is 18.2 Å². The molecule has 0 aromatic carbocycles. The number of hydrogen-bond acceptors (Lipinski definition) is 6. The molecule has 0 saturated heterocycles. The standard InChI is InChI=1S/C12H14F3N5O3/c1-2-16-11(21)22-5-3-4-20-7-8(6-17-20)9-18-10(23-19-9)12(13,14)15/h6-7H,2-5H2,1H3,(H,16,21). The minimum absolute atomic E-state index is 0.192. The van der Waals surface area contributed by atoms with Crippen LogP contribution >= 0.6 is 0 Å². The van der Waals surface area contributed by atoms with Gasteiger partial charge in [-0.3, -0.25) is 4.68 Å². The highest BCUT2D eigenvalue weighted by atomic mass is 19.4. The molecule has 0 spiro atoms. The lowest BCUT2D eigenvalue weighted by Gasteiger charge is -2.04. The number of carbonyl (C=O) groups is 1. The van der Waals surface area contributed by atoms with E-state index in [0.717, 1.165) is 0 Å². The molecule has 0 radical (unpaired) electrons. The van der Waals surface area contributed by atoms with Gasteiger partial charge < -0.3 is 14.6 Å². The lowest BCUT2D eigenvalue weighted by atomic mass is 10.3. The molecule has 2 heterocycles. The third kappa shape index (κ3) is 4.69. The van der Waals surface area contributed by atoms with E-state index in [1.807, 2.05) is 0 Å². The lowest BCUT2D eigenvalue weighted by Crippen LogP contribution is -2.24. The van der Waals surface area contributed by atoms with Crippen LogP contribution < -0.4 is 5.32 Å². The fourth-order valence-corrected chi connectivity index (χ4v) is 1.64. The molecule has 2 aromatic rings. The summed E-state index contributed by atoms with van der Waals surface area (Å²) in [6.45, 7) is 2.87. The van der Waals surface area contributed by atoms with Crippen molar-refractivity contribution in [1.29, 1.82) is 0 Å². The Morgan fingerprint density at radius 3 is 2.91 bits per heavy atom. The highest BCUT2D eigenvalue weighted by Gasteiger charge is 2.38. The number of amides is 1. The minimum atomic E-state index is -4.68. The van der Waals surface area contributed by atoms with Crippen LogP contribution in [0.15, 0.2) is 16.9 Å². The van der Waals surface area contributed by atoms with E-state index in [9.17, 15) is 18.0 Å². The van der Waals surface area contributed by atoms with Crippen molar-refractivity contribution >= 4 is 6.09 Å². The van der Waals surface area contributed by atoms with E-state index in [2.05, 4.69) is 25.1 Å². The van der Waals surface area contributed by atoms with E-state index in [1.54, 1.807) is 6.92 Å². The molecule has 8 nitrogen and oxygen atoms in total. The van der Waals surface area contributed by atoms with E-state index >= 15 is 0 Å². The maximum Gasteiger partial charge on any atom is 0.471 e. The zero-order valence-electron chi connectivity index (χ0n) is 12.1. The first-order chi connectivity index (χ1) is 10.9. The van der Waals surface area contributed by atoms with Crippen LogP contribution in [0.3, 0.4) is 0 Å². The van der Waals surface area contributed by atoms with Gasteiger partial charge in [0.05, 0.1) is 18.4 Å². The van der Waals surface area contributed by atoms with Gasteiger partial charge in [0.15, 0.2) is 0 Å². The van der Waals surface area contributed by atoms with Gasteiger partial charge in [-0.15, -0.1) is 0 Å². The van der Waals surface area contributed by atoms with Crippen LogP contribution in [0.25, 0.3) is 11.4 Å². The first kappa shape index (κ1) is 16.8. The lowest BCUT2D eigenvalue weighted by molar-refractivity contribution is -0.159. The van der Waals surface area contributed by atoms with Gasteiger partial charge in [-0.05, 0) is 6.92 Å². The highest BCUT2D eigenvalue weighted by molar-refractivity contribution is 5.66. The monoisotopic (exact) mass is 333 g/mol. The number of alkyl halides is 3. The normalized spacial score (nSPS) is 11.5. The Labute approximate surface area is 128 Å². The maximum absolute atomic E-state index is 12.4. The Hall–Kier alpha value is -2.59. The number of carbonyl (C=O) groups excluding carboxylic acids is 1. The molecule has 126 valence electrons. The third-order valence-corrected chi connectivity index (χ3v) is 2.65. The fraction of sp³-hybridized carbons (Fsp3) is 0.500. The quantitative estimate of drug-likeness (QED) is 0.813. The Kier molecular flexibility index (Phi) is 5.19. The zero-order valence-corrected chi connectivity index (χ0v) is 12.1. The molecule has 0 unspecified atom stereocenters. The Balaban J connectivity index is 1.86. The zero-order chi connectivity index (χ0) is 16.9. The summed E-state index contributed by atoms with van der Waals surface area (Å²) in [5, 5.41) is 9.73. The van der Waals surface area contributed by atoms with E-state index in [1.165, 1.54) is 17.1 Å². The molecular weight excluding hydrogens is 319 g/mol. The molecule has 11 heteroatoms. The van der Waals surface area contributed by atoms with Gasteiger partial charge in [-0.1, -0.05) is 5.16 Å². The van der Waals surface area contributed by atoms with Crippen LogP contribution in [0.5, 0.6) is 0 Å². The number of rotatable bonds is 6. The van der Waals surface area contributed by atoms with Gasteiger partial charge in [0.1, 0.15) is 0 Å². The molecule has 0 aliphatic heterocycles. The van der Waals surface area contributed by atoms with Gasteiger partial charge in [0.25, 0.3) is 0 Å². The summed E-state index contributed by atoms with van der Waals surface area (Å²) in [5.74, 6) is -1.60.